The van der Waals surface area contributed by atoms with Gasteiger partial charge in [-0.2, -0.15) is 0 Å². The van der Waals surface area contributed by atoms with Gasteiger partial charge >= 0.3 is 0 Å². The molecule has 1 aromatic rings. The summed E-state index contributed by atoms with van der Waals surface area (Å²) in [5.41, 5.74) is 0.958. The van der Waals surface area contributed by atoms with Crippen LogP contribution in [0.5, 0.6) is 11.5 Å². The van der Waals surface area contributed by atoms with Crippen molar-refractivity contribution in [1.29, 1.82) is 5.41 Å². The first-order valence-electron chi connectivity index (χ1n) is 3.62. The van der Waals surface area contributed by atoms with Gasteiger partial charge in [0.05, 0.1) is 7.11 Å². The molecule has 0 atom stereocenters. The van der Waals surface area contributed by atoms with Crippen LogP contribution in [0.3, 0.4) is 0 Å². The number of hydrogen-bond donors (Lipinski definition) is 2. The average Bonchev–Trinajstić information content (AvgIpc) is 2.09. The summed E-state index contributed by atoms with van der Waals surface area (Å²) in [6.45, 7) is 0. The van der Waals surface area contributed by atoms with Gasteiger partial charge in [0, 0.05) is 6.42 Å². The van der Waals surface area contributed by atoms with Crippen molar-refractivity contribution < 1.29 is 9.84 Å². The van der Waals surface area contributed by atoms with Gasteiger partial charge in [-0.15, -0.1) is 0 Å². The predicted molar refractivity (Wildman–Crippen MR) is 47.1 cm³/mol. The van der Waals surface area contributed by atoms with Crippen molar-refractivity contribution in [3.8, 4) is 11.5 Å². The van der Waals surface area contributed by atoms with E-state index in [1.165, 1.54) is 13.3 Å². The van der Waals surface area contributed by atoms with Gasteiger partial charge < -0.3 is 15.3 Å². The quantitative estimate of drug-likeness (QED) is 0.668. The zero-order valence-corrected chi connectivity index (χ0v) is 6.87. The fourth-order valence-corrected chi connectivity index (χ4v) is 0.967. The molecule has 64 valence electrons. The fraction of sp³-hybridized carbons (Fsp3) is 0.222. The van der Waals surface area contributed by atoms with Gasteiger partial charge in [-0.05, 0) is 23.9 Å². The zero-order chi connectivity index (χ0) is 8.97. The third kappa shape index (κ3) is 1.75. The van der Waals surface area contributed by atoms with Crippen molar-refractivity contribution in [3.63, 3.8) is 0 Å². The van der Waals surface area contributed by atoms with E-state index in [0.717, 1.165) is 5.56 Å². The largest absolute Gasteiger partial charge is 0.504 e. The number of hydrogen-bond acceptors (Lipinski definition) is 3. The third-order valence-electron chi connectivity index (χ3n) is 1.58. The van der Waals surface area contributed by atoms with Crippen LogP contribution in [0.2, 0.25) is 0 Å². The van der Waals surface area contributed by atoms with Crippen LogP contribution >= 0.6 is 0 Å². The number of nitrogens with one attached hydrogen (secondary N) is 1. The molecule has 3 heteroatoms. The van der Waals surface area contributed by atoms with E-state index >= 15 is 0 Å². The highest BCUT2D eigenvalue weighted by molar-refractivity contribution is 5.59. The first-order chi connectivity index (χ1) is 5.77. The molecule has 1 rings (SSSR count). The predicted octanol–water partition coefficient (Wildman–Crippen LogP) is 1.59. The van der Waals surface area contributed by atoms with E-state index in [0.29, 0.717) is 12.2 Å². The highest BCUT2D eigenvalue weighted by Crippen LogP contribution is 2.25. The number of phenols is 1. The van der Waals surface area contributed by atoms with E-state index in [2.05, 4.69) is 0 Å². The molecule has 0 aliphatic rings. The van der Waals surface area contributed by atoms with E-state index in [1.807, 2.05) is 0 Å². The minimum atomic E-state index is 0.131. The van der Waals surface area contributed by atoms with Crippen LogP contribution in [0.1, 0.15) is 5.56 Å². The summed E-state index contributed by atoms with van der Waals surface area (Å²) < 4.78 is 4.91. The first kappa shape index (κ1) is 8.59. The van der Waals surface area contributed by atoms with Gasteiger partial charge in [0.25, 0.3) is 0 Å². The topological polar surface area (TPSA) is 53.3 Å². The zero-order valence-electron chi connectivity index (χ0n) is 6.87. The smallest absolute Gasteiger partial charge is 0.160 e. The maximum absolute atomic E-state index is 9.22. The number of ether oxygens (including phenoxy) is 1. The summed E-state index contributed by atoms with van der Waals surface area (Å²) in [5.74, 6) is 0.584. The standard InChI is InChI=1S/C9H11NO2/c1-12-9-6-7(4-5-10)2-3-8(9)11/h2-3,5-6,10-11H,4H2,1H3. The van der Waals surface area contributed by atoms with Crippen LogP contribution in [0.25, 0.3) is 0 Å². The molecule has 0 saturated carbocycles. The number of aromatic hydroxyl groups is 1. The van der Waals surface area contributed by atoms with Crippen molar-refractivity contribution in [2.45, 2.75) is 6.42 Å². The lowest BCUT2D eigenvalue weighted by atomic mass is 10.1. The molecule has 0 unspecified atom stereocenters. The summed E-state index contributed by atoms with van der Waals surface area (Å²) >= 11 is 0. The summed E-state index contributed by atoms with van der Waals surface area (Å²) in [4.78, 5) is 0. The second-order valence-electron chi connectivity index (χ2n) is 2.41. The van der Waals surface area contributed by atoms with Gasteiger partial charge in [0.15, 0.2) is 11.5 Å². The van der Waals surface area contributed by atoms with Crippen LogP contribution in [0.15, 0.2) is 18.2 Å². The van der Waals surface area contributed by atoms with Gasteiger partial charge in [-0.25, -0.2) is 0 Å². The Labute approximate surface area is 71.1 Å². The fourth-order valence-electron chi connectivity index (χ4n) is 0.967. The van der Waals surface area contributed by atoms with Crippen LogP contribution in [-0.4, -0.2) is 18.4 Å². The highest BCUT2D eigenvalue weighted by Gasteiger charge is 2.00. The minimum absolute atomic E-state index is 0.131. The molecule has 12 heavy (non-hydrogen) atoms. The summed E-state index contributed by atoms with van der Waals surface area (Å²) in [5, 5.41) is 16.1. The highest BCUT2D eigenvalue weighted by atomic mass is 16.5. The second kappa shape index (κ2) is 3.76. The van der Waals surface area contributed by atoms with Crippen LogP contribution < -0.4 is 4.74 Å². The SMILES string of the molecule is COc1cc(CC=N)ccc1O. The van der Waals surface area contributed by atoms with Gasteiger partial charge in [-0.1, -0.05) is 6.07 Å². The Morgan fingerprint density at radius 3 is 2.92 bits per heavy atom. The maximum Gasteiger partial charge on any atom is 0.160 e. The first-order valence-corrected chi connectivity index (χ1v) is 3.62. The van der Waals surface area contributed by atoms with Crippen LogP contribution in [0.4, 0.5) is 0 Å². The lowest BCUT2D eigenvalue weighted by molar-refractivity contribution is 0.373. The Morgan fingerprint density at radius 2 is 2.33 bits per heavy atom. The van der Waals surface area contributed by atoms with Gasteiger partial charge in [-0.3, -0.25) is 0 Å². The Morgan fingerprint density at radius 1 is 1.58 bits per heavy atom. The number of benzene rings is 1. The Hall–Kier alpha value is -1.51. The lowest BCUT2D eigenvalue weighted by Gasteiger charge is -2.04. The second-order valence-corrected chi connectivity index (χ2v) is 2.41. The van der Waals surface area contributed by atoms with E-state index in [4.69, 9.17) is 10.1 Å². The molecule has 2 N–H and O–H groups in total. The molecule has 1 aromatic carbocycles. The van der Waals surface area contributed by atoms with Crippen molar-refractivity contribution in [2.75, 3.05) is 7.11 Å². The molecule has 0 spiro atoms. The molecule has 3 nitrogen and oxygen atoms in total. The average molecular weight is 165 g/mol. The Bertz CT molecular complexity index is 284. The molecule has 0 radical (unpaired) electrons. The van der Waals surface area contributed by atoms with E-state index < -0.39 is 0 Å². The van der Waals surface area contributed by atoms with Gasteiger partial charge in [0.1, 0.15) is 0 Å². The van der Waals surface area contributed by atoms with Crippen molar-refractivity contribution in [2.24, 2.45) is 0 Å². The van der Waals surface area contributed by atoms with Crippen molar-refractivity contribution in [3.05, 3.63) is 23.8 Å². The third-order valence-corrected chi connectivity index (χ3v) is 1.58. The van der Waals surface area contributed by atoms with Gasteiger partial charge in [0.2, 0.25) is 0 Å². The number of phenolic OH excluding ortho intramolecular Hbond substituents is 1. The van der Waals surface area contributed by atoms with E-state index in [9.17, 15) is 5.11 Å². The molecule has 0 aliphatic carbocycles. The monoisotopic (exact) mass is 165 g/mol. The molecule has 0 aromatic heterocycles. The summed E-state index contributed by atoms with van der Waals surface area (Å²) in [6.07, 6.45) is 1.88. The summed E-state index contributed by atoms with van der Waals surface area (Å²) in [6, 6.07) is 5.06. The molecule has 0 fully saturated rings. The molecule has 0 aliphatic heterocycles. The van der Waals surface area contributed by atoms with Crippen molar-refractivity contribution in [1.82, 2.24) is 0 Å². The van der Waals surface area contributed by atoms with Crippen LogP contribution in [0, 0.1) is 5.41 Å². The number of rotatable bonds is 3. The molecule has 0 heterocycles. The molecule has 0 amide bonds. The Balaban J connectivity index is 2.96. The maximum atomic E-state index is 9.22. The minimum Gasteiger partial charge on any atom is -0.504 e. The lowest BCUT2D eigenvalue weighted by Crippen LogP contribution is -1.88. The molecular weight excluding hydrogens is 154 g/mol. The van der Waals surface area contributed by atoms with Crippen LogP contribution in [-0.2, 0) is 6.42 Å². The summed E-state index contributed by atoms with van der Waals surface area (Å²) in [7, 11) is 1.50. The van der Waals surface area contributed by atoms with E-state index in [1.54, 1.807) is 18.2 Å². The molecular formula is C9H11NO2. The van der Waals surface area contributed by atoms with E-state index in [-0.39, 0.29) is 5.75 Å². The van der Waals surface area contributed by atoms with Crippen molar-refractivity contribution >= 4 is 6.21 Å². The molecule has 0 bridgehead atoms. The Kier molecular flexibility index (Phi) is 2.69. The number of methoxy groups -OCH3 is 1. The molecule has 0 saturated heterocycles. The normalized spacial score (nSPS) is 9.42.